The number of piperidine rings is 1. The molecule has 0 saturated carbocycles. The van der Waals surface area contributed by atoms with E-state index < -0.39 is 0 Å². The summed E-state index contributed by atoms with van der Waals surface area (Å²) < 4.78 is 5.54. The summed E-state index contributed by atoms with van der Waals surface area (Å²) in [4.78, 5) is 11.2. The highest BCUT2D eigenvalue weighted by Gasteiger charge is 2.27. The molecule has 20 heavy (non-hydrogen) atoms. The zero-order valence-electron chi connectivity index (χ0n) is 12.8. The minimum absolute atomic E-state index is 0.276. The number of methoxy groups -OCH3 is 1. The molecule has 1 aliphatic rings. The normalized spacial score (nSPS) is 23.1. The third-order valence-corrected chi connectivity index (χ3v) is 3.92. The molecule has 0 spiro atoms. The number of rotatable bonds is 6. The second kappa shape index (κ2) is 7.55. The van der Waals surface area contributed by atoms with Crippen LogP contribution in [0, 0.1) is 5.92 Å². The van der Waals surface area contributed by atoms with Crippen LogP contribution in [0.2, 0.25) is 0 Å². The molecule has 0 aliphatic carbocycles. The fourth-order valence-corrected chi connectivity index (χ4v) is 2.53. The van der Waals surface area contributed by atoms with Crippen molar-refractivity contribution in [3.63, 3.8) is 0 Å². The van der Waals surface area contributed by atoms with Crippen LogP contribution in [0.25, 0.3) is 0 Å². The molecule has 1 saturated heterocycles. The van der Waals surface area contributed by atoms with Crippen LogP contribution in [0.15, 0.2) is 12.4 Å². The molecule has 1 aromatic heterocycles. The smallest absolute Gasteiger partial charge is 0.225 e. The van der Waals surface area contributed by atoms with E-state index in [4.69, 9.17) is 4.74 Å². The lowest BCUT2D eigenvalue weighted by molar-refractivity contribution is 0.0494. The summed E-state index contributed by atoms with van der Waals surface area (Å²) >= 11 is 0. The Morgan fingerprint density at radius 3 is 2.80 bits per heavy atom. The molecule has 1 aromatic rings. The van der Waals surface area contributed by atoms with Gasteiger partial charge in [-0.25, -0.2) is 9.97 Å². The van der Waals surface area contributed by atoms with E-state index in [1.54, 1.807) is 7.11 Å². The molecule has 2 heterocycles. The van der Waals surface area contributed by atoms with Crippen molar-refractivity contribution in [3.8, 4) is 0 Å². The summed E-state index contributed by atoms with van der Waals surface area (Å²) in [5.41, 5.74) is 1.14. The first kappa shape index (κ1) is 15.2. The summed E-state index contributed by atoms with van der Waals surface area (Å²) in [6, 6.07) is 0. The van der Waals surface area contributed by atoms with Gasteiger partial charge in [-0.1, -0.05) is 13.8 Å². The van der Waals surface area contributed by atoms with Crippen molar-refractivity contribution >= 4 is 5.95 Å². The molecule has 0 aromatic carbocycles. The SMILES string of the molecule is CCCNCc1cnc(N2CCC(C)C(OC)C2)nc1. The van der Waals surface area contributed by atoms with Gasteiger partial charge in [-0.2, -0.15) is 0 Å². The summed E-state index contributed by atoms with van der Waals surface area (Å²) in [5.74, 6) is 1.42. The van der Waals surface area contributed by atoms with E-state index in [0.29, 0.717) is 5.92 Å². The second-order valence-corrected chi connectivity index (χ2v) is 5.55. The summed E-state index contributed by atoms with van der Waals surface area (Å²) in [6.07, 6.45) is 6.39. The minimum Gasteiger partial charge on any atom is -0.379 e. The lowest BCUT2D eigenvalue weighted by Gasteiger charge is -2.36. The Morgan fingerprint density at radius 1 is 1.40 bits per heavy atom. The average Bonchev–Trinajstić information content (AvgIpc) is 2.49. The van der Waals surface area contributed by atoms with Crippen molar-refractivity contribution in [2.75, 3.05) is 31.6 Å². The van der Waals surface area contributed by atoms with E-state index in [-0.39, 0.29) is 6.10 Å². The van der Waals surface area contributed by atoms with Crippen LogP contribution in [0.5, 0.6) is 0 Å². The highest BCUT2D eigenvalue weighted by Crippen LogP contribution is 2.22. The number of hydrogen-bond acceptors (Lipinski definition) is 5. The van der Waals surface area contributed by atoms with Crippen LogP contribution in [0.4, 0.5) is 5.95 Å². The molecule has 2 rings (SSSR count). The zero-order valence-corrected chi connectivity index (χ0v) is 12.8. The first-order valence-corrected chi connectivity index (χ1v) is 7.54. The van der Waals surface area contributed by atoms with Crippen LogP contribution in [-0.4, -0.2) is 42.8 Å². The number of aromatic nitrogens is 2. The van der Waals surface area contributed by atoms with E-state index in [0.717, 1.165) is 50.5 Å². The van der Waals surface area contributed by atoms with Gasteiger partial charge < -0.3 is 15.0 Å². The Labute approximate surface area is 121 Å². The van der Waals surface area contributed by atoms with Crippen molar-refractivity contribution in [3.05, 3.63) is 18.0 Å². The highest BCUT2D eigenvalue weighted by atomic mass is 16.5. The Bertz CT molecular complexity index is 395. The van der Waals surface area contributed by atoms with E-state index in [9.17, 15) is 0 Å². The van der Waals surface area contributed by atoms with Gasteiger partial charge in [0.1, 0.15) is 0 Å². The molecule has 0 bridgehead atoms. The maximum Gasteiger partial charge on any atom is 0.225 e. The molecule has 1 N–H and O–H groups in total. The van der Waals surface area contributed by atoms with Crippen LogP contribution >= 0.6 is 0 Å². The Morgan fingerprint density at radius 2 is 2.15 bits per heavy atom. The third-order valence-electron chi connectivity index (χ3n) is 3.92. The molecule has 2 atom stereocenters. The molecule has 2 unspecified atom stereocenters. The minimum atomic E-state index is 0.276. The fraction of sp³-hybridized carbons (Fsp3) is 0.733. The van der Waals surface area contributed by atoms with Crippen LogP contribution in [0.3, 0.4) is 0 Å². The fourth-order valence-electron chi connectivity index (χ4n) is 2.53. The van der Waals surface area contributed by atoms with Crippen LogP contribution in [-0.2, 0) is 11.3 Å². The van der Waals surface area contributed by atoms with Gasteiger partial charge in [0.25, 0.3) is 0 Å². The van der Waals surface area contributed by atoms with Crippen molar-refractivity contribution in [1.29, 1.82) is 0 Å². The molecule has 0 amide bonds. The first-order chi connectivity index (χ1) is 9.74. The summed E-state index contributed by atoms with van der Waals surface area (Å²) in [7, 11) is 1.79. The molecule has 112 valence electrons. The van der Waals surface area contributed by atoms with Gasteiger partial charge in [-0.05, 0) is 25.3 Å². The molecule has 1 fully saturated rings. The Balaban J connectivity index is 1.92. The molecule has 5 nitrogen and oxygen atoms in total. The zero-order chi connectivity index (χ0) is 14.4. The number of ether oxygens (including phenoxy) is 1. The number of anilines is 1. The predicted molar refractivity (Wildman–Crippen MR) is 80.8 cm³/mol. The van der Waals surface area contributed by atoms with Gasteiger partial charge in [-0.3, -0.25) is 0 Å². The van der Waals surface area contributed by atoms with Gasteiger partial charge in [0.15, 0.2) is 0 Å². The van der Waals surface area contributed by atoms with E-state index in [2.05, 4.69) is 34.0 Å². The first-order valence-electron chi connectivity index (χ1n) is 7.54. The molecule has 5 heteroatoms. The van der Waals surface area contributed by atoms with Crippen molar-refractivity contribution in [2.45, 2.75) is 39.3 Å². The maximum atomic E-state index is 5.54. The summed E-state index contributed by atoms with van der Waals surface area (Å²) in [5, 5.41) is 3.36. The van der Waals surface area contributed by atoms with Crippen molar-refractivity contribution in [2.24, 2.45) is 5.92 Å². The lowest BCUT2D eigenvalue weighted by atomic mass is 9.96. The molecular formula is C15H26N4O. The van der Waals surface area contributed by atoms with Crippen molar-refractivity contribution in [1.82, 2.24) is 15.3 Å². The van der Waals surface area contributed by atoms with Gasteiger partial charge >= 0.3 is 0 Å². The summed E-state index contributed by atoms with van der Waals surface area (Å²) in [6.45, 7) is 8.16. The lowest BCUT2D eigenvalue weighted by Crippen LogP contribution is -2.44. The van der Waals surface area contributed by atoms with Gasteiger partial charge in [0.05, 0.1) is 6.10 Å². The van der Waals surface area contributed by atoms with Gasteiger partial charge in [-0.15, -0.1) is 0 Å². The molecule has 1 aliphatic heterocycles. The largest absolute Gasteiger partial charge is 0.379 e. The number of hydrogen-bond donors (Lipinski definition) is 1. The standard InChI is InChI=1S/C15H26N4O/c1-4-6-16-8-13-9-17-15(18-10-13)19-7-5-12(2)14(11-19)20-3/h9-10,12,14,16H,4-8,11H2,1-3H3. The van der Waals surface area contributed by atoms with E-state index in [1.165, 1.54) is 0 Å². The topological polar surface area (TPSA) is 50.3 Å². The maximum absolute atomic E-state index is 5.54. The number of nitrogens with zero attached hydrogens (tertiary/aromatic N) is 3. The average molecular weight is 278 g/mol. The molecule has 0 radical (unpaired) electrons. The quantitative estimate of drug-likeness (QED) is 0.805. The molecular weight excluding hydrogens is 252 g/mol. The van der Waals surface area contributed by atoms with E-state index >= 15 is 0 Å². The van der Waals surface area contributed by atoms with Crippen molar-refractivity contribution < 1.29 is 4.74 Å². The van der Waals surface area contributed by atoms with Gasteiger partial charge in [0, 0.05) is 44.7 Å². The highest BCUT2D eigenvalue weighted by molar-refractivity contribution is 5.31. The van der Waals surface area contributed by atoms with Crippen LogP contribution < -0.4 is 10.2 Å². The Hall–Kier alpha value is -1.20. The second-order valence-electron chi connectivity index (χ2n) is 5.55. The Kier molecular flexibility index (Phi) is 5.73. The number of nitrogens with one attached hydrogen (secondary N) is 1. The van der Waals surface area contributed by atoms with E-state index in [1.807, 2.05) is 12.4 Å². The van der Waals surface area contributed by atoms with Gasteiger partial charge in [0.2, 0.25) is 5.95 Å². The monoisotopic (exact) mass is 278 g/mol. The van der Waals surface area contributed by atoms with Crippen LogP contribution in [0.1, 0.15) is 32.3 Å². The third kappa shape index (κ3) is 3.90. The predicted octanol–water partition coefficient (Wildman–Crippen LogP) is 1.84.